The third-order valence-electron chi connectivity index (χ3n) is 1.79. The van der Waals surface area contributed by atoms with Crippen molar-refractivity contribution in [3.8, 4) is 0 Å². The molecule has 0 radical (unpaired) electrons. The van der Waals surface area contributed by atoms with Gasteiger partial charge in [-0.15, -0.1) is 0 Å². The van der Waals surface area contributed by atoms with E-state index < -0.39 is 0 Å². The van der Waals surface area contributed by atoms with Crippen LogP contribution >= 0.6 is 0 Å². The Balaban J connectivity index is 0.000000531. The predicted molar refractivity (Wildman–Crippen MR) is 63.7 cm³/mol. The maximum atomic E-state index is 4.17. The monoisotopic (exact) mass is 192 g/mol. The Hall–Kier alpha value is -1.31. The minimum atomic E-state index is 0. The van der Waals surface area contributed by atoms with E-state index in [1.165, 1.54) is 11.3 Å². The smallest absolute Gasteiger partial charge is 0.0693 e. The van der Waals surface area contributed by atoms with Crippen molar-refractivity contribution in [2.24, 2.45) is 5.10 Å². The standard InChI is InChI=1S/C9H10N2.C2H6.CH4/c1-2-4-8(5-3-1)9-6-7-10-11-9;1-2;/h1-5,10H,6-7H2;1-2H3;1H4. The largest absolute Gasteiger partial charge is 0.309 e. The van der Waals surface area contributed by atoms with E-state index in [0.717, 1.165) is 13.0 Å². The van der Waals surface area contributed by atoms with Gasteiger partial charge in [0.05, 0.1) is 5.71 Å². The summed E-state index contributed by atoms with van der Waals surface area (Å²) in [5.41, 5.74) is 5.36. The summed E-state index contributed by atoms with van der Waals surface area (Å²) in [5.74, 6) is 0. The molecule has 0 spiro atoms. The quantitative estimate of drug-likeness (QED) is 0.726. The highest BCUT2D eigenvalue weighted by Gasteiger charge is 2.06. The Morgan fingerprint density at radius 2 is 1.79 bits per heavy atom. The summed E-state index contributed by atoms with van der Waals surface area (Å²) in [6, 6.07) is 10.3. The first-order valence-electron chi connectivity index (χ1n) is 4.82. The van der Waals surface area contributed by atoms with Crippen molar-refractivity contribution >= 4 is 5.71 Å². The summed E-state index contributed by atoms with van der Waals surface area (Å²) < 4.78 is 0. The number of hydrazone groups is 1. The highest BCUT2D eigenvalue weighted by Crippen LogP contribution is 2.06. The first kappa shape index (κ1) is 12.7. The van der Waals surface area contributed by atoms with Gasteiger partial charge >= 0.3 is 0 Å². The molecule has 0 fully saturated rings. The Bertz CT molecular complexity index is 265. The lowest BCUT2D eigenvalue weighted by atomic mass is 10.1. The van der Waals surface area contributed by atoms with Crippen LogP contribution in [-0.4, -0.2) is 12.3 Å². The Kier molecular flexibility index (Phi) is 6.46. The summed E-state index contributed by atoms with van der Waals surface area (Å²) in [6.07, 6.45) is 1.05. The molecule has 0 unspecified atom stereocenters. The fraction of sp³-hybridized carbons (Fsp3) is 0.417. The molecule has 78 valence electrons. The van der Waals surface area contributed by atoms with Gasteiger partial charge in [0.1, 0.15) is 0 Å². The van der Waals surface area contributed by atoms with E-state index in [4.69, 9.17) is 0 Å². The third kappa shape index (κ3) is 3.21. The summed E-state index contributed by atoms with van der Waals surface area (Å²) in [7, 11) is 0. The molecule has 14 heavy (non-hydrogen) atoms. The van der Waals surface area contributed by atoms with Gasteiger partial charge in [0.2, 0.25) is 0 Å². The van der Waals surface area contributed by atoms with Crippen LogP contribution in [-0.2, 0) is 0 Å². The van der Waals surface area contributed by atoms with Gasteiger partial charge in [-0.2, -0.15) is 5.10 Å². The van der Waals surface area contributed by atoms with Crippen LogP contribution in [0, 0.1) is 0 Å². The van der Waals surface area contributed by atoms with Crippen LogP contribution < -0.4 is 5.43 Å². The molecule has 2 heteroatoms. The number of benzene rings is 1. The van der Waals surface area contributed by atoms with Crippen molar-refractivity contribution < 1.29 is 0 Å². The summed E-state index contributed by atoms with van der Waals surface area (Å²) in [5, 5.41) is 4.17. The minimum absolute atomic E-state index is 0. The molecule has 0 atom stereocenters. The van der Waals surface area contributed by atoms with E-state index in [2.05, 4.69) is 22.7 Å². The molecule has 0 aromatic heterocycles. The average Bonchev–Trinajstić information content (AvgIpc) is 2.75. The fourth-order valence-electron chi connectivity index (χ4n) is 1.22. The zero-order chi connectivity index (χ0) is 9.52. The molecule has 0 aliphatic carbocycles. The number of nitrogens with one attached hydrogen (secondary N) is 1. The molecular formula is C12H20N2. The van der Waals surface area contributed by atoms with Crippen LogP contribution in [0.4, 0.5) is 0 Å². The predicted octanol–water partition coefficient (Wildman–Crippen LogP) is 3.05. The van der Waals surface area contributed by atoms with E-state index in [9.17, 15) is 0 Å². The van der Waals surface area contributed by atoms with Crippen molar-refractivity contribution in [3.05, 3.63) is 35.9 Å². The van der Waals surface area contributed by atoms with Crippen LogP contribution in [0.2, 0.25) is 0 Å². The molecule has 2 rings (SSSR count). The fourth-order valence-corrected chi connectivity index (χ4v) is 1.22. The molecule has 0 saturated heterocycles. The van der Waals surface area contributed by atoms with Gasteiger partial charge in [0.15, 0.2) is 0 Å². The van der Waals surface area contributed by atoms with Crippen molar-refractivity contribution in [2.75, 3.05) is 6.54 Å². The highest BCUT2D eigenvalue weighted by atomic mass is 15.3. The molecule has 0 amide bonds. The molecule has 0 saturated carbocycles. The molecule has 2 nitrogen and oxygen atoms in total. The lowest BCUT2D eigenvalue weighted by molar-refractivity contribution is 0.813. The Morgan fingerprint density at radius 3 is 2.29 bits per heavy atom. The van der Waals surface area contributed by atoms with Crippen LogP contribution in [0.25, 0.3) is 0 Å². The molecule has 0 bridgehead atoms. The normalized spacial score (nSPS) is 12.9. The number of rotatable bonds is 1. The van der Waals surface area contributed by atoms with E-state index in [-0.39, 0.29) is 7.43 Å². The van der Waals surface area contributed by atoms with E-state index >= 15 is 0 Å². The maximum Gasteiger partial charge on any atom is 0.0693 e. The molecule has 1 aliphatic rings. The highest BCUT2D eigenvalue weighted by molar-refractivity contribution is 6.01. The van der Waals surface area contributed by atoms with Gasteiger partial charge in [0.25, 0.3) is 0 Å². The summed E-state index contributed by atoms with van der Waals surface area (Å²) >= 11 is 0. The second-order valence-corrected chi connectivity index (χ2v) is 2.58. The number of hydrogen-bond donors (Lipinski definition) is 1. The Labute approximate surface area is 87.0 Å². The van der Waals surface area contributed by atoms with Crippen molar-refractivity contribution in [1.82, 2.24) is 5.43 Å². The van der Waals surface area contributed by atoms with Crippen molar-refractivity contribution in [2.45, 2.75) is 27.7 Å². The average molecular weight is 192 g/mol. The van der Waals surface area contributed by atoms with Crippen molar-refractivity contribution in [1.29, 1.82) is 0 Å². The molecule has 1 N–H and O–H groups in total. The second-order valence-electron chi connectivity index (χ2n) is 2.58. The van der Waals surface area contributed by atoms with Gasteiger partial charge in [-0.25, -0.2) is 0 Å². The van der Waals surface area contributed by atoms with E-state index in [1.807, 2.05) is 32.0 Å². The zero-order valence-electron chi connectivity index (χ0n) is 8.25. The summed E-state index contributed by atoms with van der Waals surface area (Å²) in [6.45, 7) is 4.98. The molecule has 1 heterocycles. The maximum absolute atomic E-state index is 4.17. The lowest BCUT2D eigenvalue weighted by Gasteiger charge is -1.95. The van der Waals surface area contributed by atoms with Crippen molar-refractivity contribution in [3.63, 3.8) is 0 Å². The second kappa shape index (κ2) is 7.13. The zero-order valence-corrected chi connectivity index (χ0v) is 8.25. The van der Waals surface area contributed by atoms with Gasteiger partial charge in [-0.1, -0.05) is 51.6 Å². The Morgan fingerprint density at radius 1 is 1.14 bits per heavy atom. The SMILES string of the molecule is C.CC.c1ccc(C2=NNCC2)cc1. The topological polar surface area (TPSA) is 24.4 Å². The lowest BCUT2D eigenvalue weighted by Crippen LogP contribution is -1.97. The van der Waals surface area contributed by atoms with Crippen LogP contribution in [0.1, 0.15) is 33.3 Å². The van der Waals surface area contributed by atoms with Gasteiger partial charge in [0, 0.05) is 13.0 Å². The minimum Gasteiger partial charge on any atom is -0.309 e. The molecule has 1 aliphatic heterocycles. The van der Waals surface area contributed by atoms with Gasteiger partial charge in [-0.05, 0) is 5.56 Å². The summed E-state index contributed by atoms with van der Waals surface area (Å²) in [4.78, 5) is 0. The van der Waals surface area contributed by atoms with Crippen LogP contribution in [0.15, 0.2) is 35.4 Å². The number of hydrogen-bond acceptors (Lipinski definition) is 2. The molecule has 1 aromatic rings. The third-order valence-corrected chi connectivity index (χ3v) is 1.79. The first-order chi connectivity index (χ1) is 6.47. The van der Waals surface area contributed by atoms with Gasteiger partial charge in [-0.3, -0.25) is 0 Å². The molecular weight excluding hydrogens is 172 g/mol. The van der Waals surface area contributed by atoms with Crippen LogP contribution in [0.5, 0.6) is 0 Å². The number of nitrogens with zero attached hydrogens (tertiary/aromatic N) is 1. The van der Waals surface area contributed by atoms with Gasteiger partial charge < -0.3 is 5.43 Å². The van der Waals surface area contributed by atoms with Crippen LogP contribution in [0.3, 0.4) is 0 Å². The van der Waals surface area contributed by atoms with E-state index in [1.54, 1.807) is 0 Å². The molecule has 1 aromatic carbocycles. The first-order valence-corrected chi connectivity index (χ1v) is 4.82. The van der Waals surface area contributed by atoms with E-state index in [0.29, 0.717) is 0 Å².